The van der Waals surface area contributed by atoms with Crippen LogP contribution in [0.1, 0.15) is 17.2 Å². The zero-order chi connectivity index (χ0) is 13.8. The first-order valence-corrected chi connectivity index (χ1v) is 7.54. The molecule has 1 atom stereocenters. The van der Waals surface area contributed by atoms with Gasteiger partial charge in [0, 0.05) is 16.0 Å². The van der Waals surface area contributed by atoms with Crippen LogP contribution in [0.25, 0.3) is 0 Å². The fourth-order valence-corrected chi connectivity index (χ4v) is 2.51. The number of benzene rings is 2. The van der Waals surface area contributed by atoms with E-state index >= 15 is 0 Å². The van der Waals surface area contributed by atoms with Gasteiger partial charge in [0.1, 0.15) is 5.82 Å². The minimum absolute atomic E-state index is 0.233. The summed E-state index contributed by atoms with van der Waals surface area (Å²) in [5, 5.41) is 0.529. The molecule has 1 unspecified atom stereocenters. The van der Waals surface area contributed by atoms with Crippen LogP contribution in [0.4, 0.5) is 4.39 Å². The van der Waals surface area contributed by atoms with Crippen LogP contribution < -0.4 is 5.73 Å². The van der Waals surface area contributed by atoms with E-state index in [1.165, 1.54) is 11.0 Å². The van der Waals surface area contributed by atoms with Crippen LogP contribution in [0.2, 0.25) is 5.02 Å². The molecule has 0 aliphatic heterocycles. The SMILES string of the molecule is CSc1ccc(C(N)Cc2cc(Cl)ccc2F)cc1. The van der Waals surface area contributed by atoms with Gasteiger partial charge < -0.3 is 5.73 Å². The average molecular weight is 296 g/mol. The van der Waals surface area contributed by atoms with Gasteiger partial charge >= 0.3 is 0 Å². The van der Waals surface area contributed by atoms with Gasteiger partial charge in [0.05, 0.1) is 0 Å². The molecule has 0 aliphatic rings. The van der Waals surface area contributed by atoms with E-state index in [4.69, 9.17) is 17.3 Å². The summed E-state index contributed by atoms with van der Waals surface area (Å²) in [4.78, 5) is 1.19. The maximum atomic E-state index is 13.6. The summed E-state index contributed by atoms with van der Waals surface area (Å²) >= 11 is 7.55. The Kier molecular flexibility index (Phi) is 4.86. The molecule has 19 heavy (non-hydrogen) atoms. The molecule has 2 N–H and O–H groups in total. The molecule has 2 aromatic rings. The molecule has 0 saturated carbocycles. The molecule has 0 aliphatic carbocycles. The topological polar surface area (TPSA) is 26.0 Å². The lowest BCUT2D eigenvalue weighted by atomic mass is 9.99. The second kappa shape index (κ2) is 6.42. The van der Waals surface area contributed by atoms with Crippen LogP contribution in [0, 0.1) is 5.82 Å². The van der Waals surface area contributed by atoms with E-state index in [0.717, 1.165) is 5.56 Å². The number of halogens is 2. The van der Waals surface area contributed by atoms with Crippen molar-refractivity contribution >= 4 is 23.4 Å². The van der Waals surface area contributed by atoms with Crippen LogP contribution in [-0.2, 0) is 6.42 Å². The fourth-order valence-electron chi connectivity index (χ4n) is 1.91. The first-order valence-electron chi connectivity index (χ1n) is 5.93. The van der Waals surface area contributed by atoms with E-state index in [1.807, 2.05) is 30.5 Å². The average Bonchev–Trinajstić information content (AvgIpc) is 2.43. The summed E-state index contributed by atoms with van der Waals surface area (Å²) in [6, 6.07) is 12.3. The molecule has 0 amide bonds. The van der Waals surface area contributed by atoms with E-state index in [2.05, 4.69) is 0 Å². The minimum atomic E-state index is -0.263. The van der Waals surface area contributed by atoms with Gasteiger partial charge in [0.2, 0.25) is 0 Å². The van der Waals surface area contributed by atoms with Crippen molar-refractivity contribution in [2.24, 2.45) is 5.73 Å². The van der Waals surface area contributed by atoms with Gasteiger partial charge in [-0.2, -0.15) is 0 Å². The van der Waals surface area contributed by atoms with Crippen molar-refractivity contribution in [3.8, 4) is 0 Å². The van der Waals surface area contributed by atoms with Crippen molar-refractivity contribution in [1.29, 1.82) is 0 Å². The predicted molar refractivity (Wildman–Crippen MR) is 80.3 cm³/mol. The summed E-state index contributed by atoms with van der Waals surface area (Å²) in [5.74, 6) is -0.263. The van der Waals surface area contributed by atoms with Crippen LogP contribution >= 0.6 is 23.4 Å². The van der Waals surface area contributed by atoms with Gasteiger partial charge in [-0.25, -0.2) is 4.39 Å². The molecule has 1 nitrogen and oxygen atoms in total. The summed E-state index contributed by atoms with van der Waals surface area (Å²) in [6.45, 7) is 0. The van der Waals surface area contributed by atoms with Crippen molar-refractivity contribution in [3.05, 3.63) is 64.4 Å². The second-order valence-electron chi connectivity index (χ2n) is 4.32. The number of nitrogens with two attached hydrogens (primary N) is 1. The highest BCUT2D eigenvalue weighted by Crippen LogP contribution is 2.23. The molecular formula is C15H15ClFNS. The summed E-state index contributed by atoms with van der Waals surface area (Å²) in [7, 11) is 0. The lowest BCUT2D eigenvalue weighted by Crippen LogP contribution is -2.14. The first-order chi connectivity index (χ1) is 9.10. The van der Waals surface area contributed by atoms with E-state index < -0.39 is 0 Å². The number of hydrogen-bond acceptors (Lipinski definition) is 2. The molecule has 2 rings (SSSR count). The van der Waals surface area contributed by atoms with Crippen LogP contribution in [0.15, 0.2) is 47.4 Å². The van der Waals surface area contributed by atoms with Crippen LogP contribution in [0.3, 0.4) is 0 Å². The molecule has 2 aromatic carbocycles. The third kappa shape index (κ3) is 3.72. The molecule has 0 spiro atoms. The largest absolute Gasteiger partial charge is 0.324 e. The van der Waals surface area contributed by atoms with E-state index in [-0.39, 0.29) is 11.9 Å². The Labute approximate surface area is 122 Å². The van der Waals surface area contributed by atoms with Gasteiger partial charge in [-0.3, -0.25) is 0 Å². The van der Waals surface area contributed by atoms with Crippen molar-refractivity contribution in [2.75, 3.05) is 6.26 Å². The van der Waals surface area contributed by atoms with Gasteiger partial charge in [-0.1, -0.05) is 23.7 Å². The van der Waals surface area contributed by atoms with Crippen molar-refractivity contribution in [2.45, 2.75) is 17.4 Å². The molecule has 0 saturated heterocycles. The molecule has 0 fully saturated rings. The maximum Gasteiger partial charge on any atom is 0.126 e. The van der Waals surface area contributed by atoms with Gasteiger partial charge in [-0.15, -0.1) is 11.8 Å². The first kappa shape index (κ1) is 14.4. The Hall–Kier alpha value is -1.03. The smallest absolute Gasteiger partial charge is 0.126 e. The van der Waals surface area contributed by atoms with Gasteiger partial charge in [0.25, 0.3) is 0 Å². The van der Waals surface area contributed by atoms with Gasteiger partial charge in [0.15, 0.2) is 0 Å². The highest BCUT2D eigenvalue weighted by Gasteiger charge is 2.11. The molecule has 0 heterocycles. The monoisotopic (exact) mass is 295 g/mol. The standard InChI is InChI=1S/C15H15ClFNS/c1-19-13-5-2-10(3-6-13)15(18)9-11-8-12(16)4-7-14(11)17/h2-8,15H,9,18H2,1H3. The third-order valence-corrected chi connectivity index (χ3v) is 3.97. The Morgan fingerprint density at radius 3 is 2.53 bits per heavy atom. The molecule has 100 valence electrons. The van der Waals surface area contributed by atoms with E-state index in [1.54, 1.807) is 23.9 Å². The molecule has 0 aromatic heterocycles. The van der Waals surface area contributed by atoms with E-state index in [9.17, 15) is 4.39 Å². The number of thioether (sulfide) groups is 1. The Bertz CT molecular complexity index is 557. The lowest BCUT2D eigenvalue weighted by molar-refractivity contribution is 0.593. The molecule has 0 radical (unpaired) electrons. The normalized spacial score (nSPS) is 12.4. The fraction of sp³-hybridized carbons (Fsp3) is 0.200. The Morgan fingerprint density at radius 1 is 1.21 bits per heavy atom. The lowest BCUT2D eigenvalue weighted by Gasteiger charge is -2.13. The maximum absolute atomic E-state index is 13.6. The molecular weight excluding hydrogens is 281 g/mol. The zero-order valence-electron chi connectivity index (χ0n) is 10.6. The van der Waals surface area contributed by atoms with Crippen LogP contribution in [0.5, 0.6) is 0 Å². The summed E-state index contributed by atoms with van der Waals surface area (Å²) in [6.07, 6.45) is 2.46. The van der Waals surface area contributed by atoms with Gasteiger partial charge in [-0.05, 0) is 54.1 Å². The summed E-state index contributed by atoms with van der Waals surface area (Å²) in [5.41, 5.74) is 7.67. The van der Waals surface area contributed by atoms with Crippen LogP contribution in [-0.4, -0.2) is 6.26 Å². The zero-order valence-corrected chi connectivity index (χ0v) is 12.1. The number of rotatable bonds is 4. The molecule has 4 heteroatoms. The highest BCUT2D eigenvalue weighted by molar-refractivity contribution is 7.98. The minimum Gasteiger partial charge on any atom is -0.324 e. The summed E-state index contributed by atoms with van der Waals surface area (Å²) < 4.78 is 13.6. The third-order valence-electron chi connectivity index (χ3n) is 2.99. The van der Waals surface area contributed by atoms with Crippen molar-refractivity contribution in [3.63, 3.8) is 0 Å². The predicted octanol–water partition coefficient (Wildman–Crippen LogP) is 4.44. The quantitative estimate of drug-likeness (QED) is 0.844. The second-order valence-corrected chi connectivity index (χ2v) is 5.64. The van der Waals surface area contributed by atoms with E-state index in [0.29, 0.717) is 17.0 Å². The number of hydrogen-bond donors (Lipinski definition) is 1. The van der Waals surface area contributed by atoms with Crippen molar-refractivity contribution in [1.82, 2.24) is 0 Å². The van der Waals surface area contributed by atoms with Crippen molar-refractivity contribution < 1.29 is 4.39 Å². The Morgan fingerprint density at radius 2 is 1.89 bits per heavy atom. The highest BCUT2D eigenvalue weighted by atomic mass is 35.5. The Balaban J connectivity index is 2.15. The molecule has 0 bridgehead atoms.